The van der Waals surface area contributed by atoms with Gasteiger partial charge in [0.15, 0.2) is 5.16 Å². The van der Waals surface area contributed by atoms with Gasteiger partial charge in [-0.1, -0.05) is 53.7 Å². The second-order valence-corrected chi connectivity index (χ2v) is 9.24. The number of fused-ring (bicyclic) bond motifs is 1. The van der Waals surface area contributed by atoms with E-state index in [2.05, 4.69) is 26.2 Å². The van der Waals surface area contributed by atoms with E-state index in [-0.39, 0.29) is 29.0 Å². The van der Waals surface area contributed by atoms with Crippen molar-refractivity contribution in [2.75, 3.05) is 12.3 Å². The van der Waals surface area contributed by atoms with Gasteiger partial charge in [0.25, 0.3) is 5.56 Å². The number of carbonyl (C=O) groups excluding carboxylic acids is 1. The summed E-state index contributed by atoms with van der Waals surface area (Å²) in [6, 6.07) is 11.6. The molecule has 0 aliphatic carbocycles. The maximum absolute atomic E-state index is 13.0. The maximum Gasteiger partial charge on any atom is 0.262 e. The molecule has 0 spiro atoms. The summed E-state index contributed by atoms with van der Waals surface area (Å²) in [6.45, 7) is 5.06. The van der Waals surface area contributed by atoms with Crippen LogP contribution in [-0.4, -0.2) is 27.8 Å². The molecule has 0 atom stereocenters. The van der Waals surface area contributed by atoms with E-state index in [0.29, 0.717) is 35.6 Å². The van der Waals surface area contributed by atoms with Gasteiger partial charge in [-0.15, -0.1) is 0 Å². The van der Waals surface area contributed by atoms with Crippen LogP contribution in [0.3, 0.4) is 0 Å². The highest BCUT2D eigenvalue weighted by molar-refractivity contribution is 9.10. The van der Waals surface area contributed by atoms with Gasteiger partial charge in [0.1, 0.15) is 5.82 Å². The van der Waals surface area contributed by atoms with E-state index in [1.165, 1.54) is 23.9 Å². The lowest BCUT2D eigenvalue weighted by atomic mass is 10.1. The number of carbonyl (C=O) groups is 1. The molecule has 1 N–H and O–H groups in total. The Morgan fingerprint density at radius 3 is 2.67 bits per heavy atom. The number of benzene rings is 2. The molecule has 30 heavy (non-hydrogen) atoms. The van der Waals surface area contributed by atoms with Crippen LogP contribution in [0, 0.1) is 11.7 Å². The Kier molecular flexibility index (Phi) is 7.66. The van der Waals surface area contributed by atoms with Crippen LogP contribution in [0.1, 0.15) is 19.4 Å². The van der Waals surface area contributed by atoms with Crippen molar-refractivity contribution in [2.24, 2.45) is 5.92 Å². The van der Waals surface area contributed by atoms with E-state index in [1.807, 2.05) is 19.9 Å². The van der Waals surface area contributed by atoms with Crippen molar-refractivity contribution in [3.05, 3.63) is 68.7 Å². The number of halogens is 2. The van der Waals surface area contributed by atoms with Crippen LogP contribution in [-0.2, 0) is 17.8 Å². The Hall–Kier alpha value is -2.19. The van der Waals surface area contributed by atoms with Crippen LogP contribution in [0.2, 0.25) is 0 Å². The highest BCUT2D eigenvalue weighted by Gasteiger charge is 2.14. The molecule has 0 aliphatic heterocycles. The summed E-state index contributed by atoms with van der Waals surface area (Å²) < 4.78 is 15.4. The molecular weight excluding hydrogens is 469 g/mol. The van der Waals surface area contributed by atoms with Crippen molar-refractivity contribution in [2.45, 2.75) is 32.0 Å². The summed E-state index contributed by atoms with van der Waals surface area (Å²) in [5.41, 5.74) is 1.47. The van der Waals surface area contributed by atoms with Crippen LogP contribution in [0.4, 0.5) is 4.39 Å². The summed E-state index contributed by atoms with van der Waals surface area (Å²) in [5, 5.41) is 3.95. The van der Waals surface area contributed by atoms with Gasteiger partial charge in [0.05, 0.1) is 16.7 Å². The fraction of sp³-hybridized carbons (Fsp3) is 0.318. The SMILES string of the molecule is CC(C)Cn1c(SCC(=O)NCCc2ccc(F)cc2)nc2ccc(Br)cc2c1=O. The number of amides is 1. The average Bonchev–Trinajstić information content (AvgIpc) is 2.70. The zero-order chi connectivity index (χ0) is 21.7. The van der Waals surface area contributed by atoms with Gasteiger partial charge in [0.2, 0.25) is 5.91 Å². The molecule has 1 amide bonds. The first-order valence-corrected chi connectivity index (χ1v) is 11.5. The molecule has 0 aliphatic rings. The molecular formula is C22H23BrFN3O2S. The zero-order valence-electron chi connectivity index (χ0n) is 16.8. The summed E-state index contributed by atoms with van der Waals surface area (Å²) in [5.74, 6) is 0.0129. The second-order valence-electron chi connectivity index (χ2n) is 7.38. The number of nitrogens with one attached hydrogen (secondary N) is 1. The third-order valence-electron chi connectivity index (χ3n) is 4.41. The van der Waals surface area contributed by atoms with Crippen molar-refractivity contribution in [3.63, 3.8) is 0 Å². The lowest BCUT2D eigenvalue weighted by Crippen LogP contribution is -2.29. The first-order chi connectivity index (χ1) is 14.3. The highest BCUT2D eigenvalue weighted by atomic mass is 79.9. The van der Waals surface area contributed by atoms with E-state index in [0.717, 1.165) is 10.0 Å². The van der Waals surface area contributed by atoms with Gasteiger partial charge in [0, 0.05) is 17.6 Å². The van der Waals surface area contributed by atoms with Crippen molar-refractivity contribution in [3.8, 4) is 0 Å². The normalized spacial score (nSPS) is 11.2. The molecule has 0 unspecified atom stereocenters. The molecule has 2 aromatic carbocycles. The van der Waals surface area contributed by atoms with E-state index in [4.69, 9.17) is 0 Å². The largest absolute Gasteiger partial charge is 0.355 e. The van der Waals surface area contributed by atoms with Crippen LogP contribution >= 0.6 is 27.7 Å². The third kappa shape index (κ3) is 5.92. The van der Waals surface area contributed by atoms with Crippen LogP contribution in [0.15, 0.2) is 56.9 Å². The maximum atomic E-state index is 13.0. The fourth-order valence-electron chi connectivity index (χ4n) is 2.99. The molecule has 3 aromatic rings. The third-order valence-corrected chi connectivity index (χ3v) is 5.88. The molecule has 3 rings (SSSR count). The quantitative estimate of drug-likeness (QED) is 0.374. The van der Waals surface area contributed by atoms with Gasteiger partial charge < -0.3 is 5.32 Å². The monoisotopic (exact) mass is 491 g/mol. The zero-order valence-corrected chi connectivity index (χ0v) is 19.2. The number of hydrogen-bond donors (Lipinski definition) is 1. The molecule has 158 valence electrons. The van der Waals surface area contributed by atoms with Gasteiger partial charge >= 0.3 is 0 Å². The summed E-state index contributed by atoms with van der Waals surface area (Å²) in [4.78, 5) is 29.9. The lowest BCUT2D eigenvalue weighted by Gasteiger charge is -2.15. The van der Waals surface area contributed by atoms with E-state index < -0.39 is 0 Å². The second kappa shape index (κ2) is 10.2. The first kappa shape index (κ1) is 22.5. The van der Waals surface area contributed by atoms with E-state index in [9.17, 15) is 14.0 Å². The topological polar surface area (TPSA) is 64.0 Å². The van der Waals surface area contributed by atoms with Crippen molar-refractivity contribution >= 4 is 44.5 Å². The highest BCUT2D eigenvalue weighted by Crippen LogP contribution is 2.21. The molecule has 1 heterocycles. The molecule has 1 aromatic heterocycles. The Morgan fingerprint density at radius 1 is 1.23 bits per heavy atom. The van der Waals surface area contributed by atoms with Gasteiger partial charge in [-0.2, -0.15) is 0 Å². The minimum atomic E-state index is -0.276. The summed E-state index contributed by atoms with van der Waals surface area (Å²) in [7, 11) is 0. The first-order valence-electron chi connectivity index (χ1n) is 9.67. The van der Waals surface area contributed by atoms with E-state index >= 15 is 0 Å². The lowest BCUT2D eigenvalue weighted by molar-refractivity contribution is -0.118. The molecule has 0 bridgehead atoms. The fourth-order valence-corrected chi connectivity index (χ4v) is 4.19. The number of hydrogen-bond acceptors (Lipinski definition) is 4. The minimum Gasteiger partial charge on any atom is -0.355 e. The Labute approximate surface area is 187 Å². The number of rotatable bonds is 8. The van der Waals surface area contributed by atoms with Crippen LogP contribution in [0.25, 0.3) is 10.9 Å². The van der Waals surface area contributed by atoms with Gasteiger partial charge in [-0.05, 0) is 48.2 Å². The Bertz CT molecular complexity index is 1100. The molecule has 8 heteroatoms. The number of aromatic nitrogens is 2. The van der Waals surface area contributed by atoms with E-state index in [1.54, 1.807) is 28.8 Å². The molecule has 0 saturated heterocycles. The average molecular weight is 492 g/mol. The smallest absolute Gasteiger partial charge is 0.262 e. The predicted octanol–water partition coefficient (Wildman–Crippen LogP) is 4.41. The number of thioether (sulfide) groups is 1. The number of nitrogens with zero attached hydrogens (tertiary/aromatic N) is 2. The van der Waals surface area contributed by atoms with Gasteiger partial charge in [-0.3, -0.25) is 14.2 Å². The summed E-state index contributed by atoms with van der Waals surface area (Å²) >= 11 is 4.66. The van der Waals surface area contributed by atoms with Crippen LogP contribution < -0.4 is 10.9 Å². The van der Waals surface area contributed by atoms with Crippen molar-refractivity contribution in [1.82, 2.24) is 14.9 Å². The Balaban J connectivity index is 1.68. The minimum absolute atomic E-state index is 0.103. The summed E-state index contributed by atoms with van der Waals surface area (Å²) in [6.07, 6.45) is 0.623. The van der Waals surface area contributed by atoms with Crippen molar-refractivity contribution in [1.29, 1.82) is 0 Å². The molecule has 5 nitrogen and oxygen atoms in total. The predicted molar refractivity (Wildman–Crippen MR) is 122 cm³/mol. The van der Waals surface area contributed by atoms with Gasteiger partial charge in [-0.25, -0.2) is 9.37 Å². The van der Waals surface area contributed by atoms with Crippen LogP contribution in [0.5, 0.6) is 0 Å². The molecule has 0 saturated carbocycles. The molecule has 0 radical (unpaired) electrons. The molecule has 0 fully saturated rings. The standard InChI is InChI=1S/C22H23BrFN3O2S/c1-14(2)12-27-21(29)18-11-16(23)5-8-19(18)26-22(27)30-13-20(28)25-10-9-15-3-6-17(24)7-4-15/h3-8,11,14H,9-10,12-13H2,1-2H3,(H,25,28). The Morgan fingerprint density at radius 2 is 1.97 bits per heavy atom. The van der Waals surface area contributed by atoms with Crippen molar-refractivity contribution < 1.29 is 9.18 Å².